The molecule has 1 N–H and O–H groups in total. The number of hydrogen-bond donors (Lipinski definition) is 1. The summed E-state index contributed by atoms with van der Waals surface area (Å²) in [6.07, 6.45) is 0. The number of phenolic OH excluding ortho intramolecular Hbond substituents is 1. The number of nitrogens with zero attached hydrogens (tertiary/aromatic N) is 1. The van der Waals surface area contributed by atoms with Gasteiger partial charge in [-0.1, -0.05) is 0 Å². The second-order valence-corrected chi connectivity index (χ2v) is 3.03. The van der Waals surface area contributed by atoms with Crippen molar-refractivity contribution in [2.45, 2.75) is 6.92 Å². The van der Waals surface area contributed by atoms with Gasteiger partial charge in [-0.2, -0.15) is 0 Å². The van der Waals surface area contributed by atoms with E-state index in [1.807, 2.05) is 0 Å². The maximum atomic E-state index is 10.7. The van der Waals surface area contributed by atoms with Crippen LogP contribution in [0.5, 0.6) is 5.75 Å². The molecule has 0 unspecified atom stereocenters. The molecule has 0 saturated carbocycles. The van der Waals surface area contributed by atoms with Crippen molar-refractivity contribution in [3.05, 3.63) is 33.4 Å². The number of carbonyl (C=O) groups is 1. The van der Waals surface area contributed by atoms with Crippen molar-refractivity contribution >= 4 is 22.5 Å². The third kappa shape index (κ3) is 1.82. The first-order chi connectivity index (χ1) is 6.43. The molecule has 0 aliphatic heterocycles. The Morgan fingerprint density at radius 2 is 2.14 bits per heavy atom. The van der Waals surface area contributed by atoms with Gasteiger partial charge in [0, 0.05) is 11.1 Å². The number of carbonyl (C=O) groups excluding carboxylic acids is 1. The van der Waals surface area contributed by atoms with Crippen LogP contribution >= 0.6 is 11.6 Å². The molecule has 0 spiro atoms. The highest BCUT2D eigenvalue weighted by Gasteiger charge is 2.19. The molecular formula is C8H6ClNO4. The lowest BCUT2D eigenvalue weighted by molar-refractivity contribution is -0.386. The maximum Gasteiger partial charge on any atom is 0.313 e. The molecule has 0 saturated heterocycles. The summed E-state index contributed by atoms with van der Waals surface area (Å²) in [5.74, 6) is -0.556. The Bertz CT molecular complexity index is 393. The van der Waals surface area contributed by atoms with E-state index in [0.29, 0.717) is 0 Å². The zero-order chi connectivity index (χ0) is 10.9. The molecule has 0 atom stereocenters. The van der Waals surface area contributed by atoms with Gasteiger partial charge < -0.3 is 5.11 Å². The Morgan fingerprint density at radius 1 is 1.57 bits per heavy atom. The molecule has 74 valence electrons. The van der Waals surface area contributed by atoms with Crippen LogP contribution in [0.2, 0.25) is 0 Å². The van der Waals surface area contributed by atoms with E-state index >= 15 is 0 Å². The molecule has 1 rings (SSSR count). The highest BCUT2D eigenvalue weighted by Crippen LogP contribution is 2.31. The molecular weight excluding hydrogens is 210 g/mol. The van der Waals surface area contributed by atoms with Crippen LogP contribution < -0.4 is 0 Å². The topological polar surface area (TPSA) is 80.4 Å². The highest BCUT2D eigenvalue weighted by molar-refractivity contribution is 6.67. The standard InChI is InChI=1S/C8H6ClNO4/c1-4-2-5(8(9)12)3-6(11)7(4)10(13)14/h2-3,11H,1H3. The van der Waals surface area contributed by atoms with Crippen LogP contribution in [0.3, 0.4) is 0 Å². The normalized spacial score (nSPS) is 9.86. The summed E-state index contributed by atoms with van der Waals surface area (Å²) < 4.78 is 0. The van der Waals surface area contributed by atoms with Gasteiger partial charge in [0.1, 0.15) is 0 Å². The van der Waals surface area contributed by atoms with Crippen LogP contribution in [0.15, 0.2) is 12.1 Å². The van der Waals surface area contributed by atoms with Gasteiger partial charge in [0.15, 0.2) is 5.75 Å². The first-order valence-corrected chi connectivity index (χ1v) is 3.99. The number of aromatic hydroxyl groups is 1. The summed E-state index contributed by atoms with van der Waals surface area (Å²) in [6, 6.07) is 2.23. The number of aryl methyl sites for hydroxylation is 1. The van der Waals surface area contributed by atoms with Crippen molar-refractivity contribution < 1.29 is 14.8 Å². The van der Waals surface area contributed by atoms with Gasteiger partial charge in [-0.3, -0.25) is 14.9 Å². The fourth-order valence-corrected chi connectivity index (χ4v) is 1.22. The SMILES string of the molecule is Cc1cc(C(=O)Cl)cc(O)c1[N+](=O)[O-]. The molecule has 0 aliphatic carbocycles. The number of rotatable bonds is 2. The summed E-state index contributed by atoms with van der Waals surface area (Å²) >= 11 is 5.16. The van der Waals surface area contributed by atoms with Crippen molar-refractivity contribution in [1.29, 1.82) is 0 Å². The van der Waals surface area contributed by atoms with E-state index in [-0.39, 0.29) is 11.1 Å². The minimum absolute atomic E-state index is 0.0345. The van der Waals surface area contributed by atoms with E-state index in [2.05, 4.69) is 0 Å². The number of nitro groups is 1. The monoisotopic (exact) mass is 215 g/mol. The van der Waals surface area contributed by atoms with Gasteiger partial charge in [0.25, 0.3) is 5.24 Å². The highest BCUT2D eigenvalue weighted by atomic mass is 35.5. The number of benzene rings is 1. The van der Waals surface area contributed by atoms with E-state index in [4.69, 9.17) is 11.6 Å². The van der Waals surface area contributed by atoms with Gasteiger partial charge in [-0.15, -0.1) is 0 Å². The predicted octanol–water partition coefficient (Wildman–Crippen LogP) is 1.99. The zero-order valence-corrected chi connectivity index (χ0v) is 7.91. The minimum Gasteiger partial charge on any atom is -0.502 e. The van der Waals surface area contributed by atoms with Gasteiger partial charge in [0.05, 0.1) is 4.92 Å². The summed E-state index contributed by atoms with van der Waals surface area (Å²) in [6.45, 7) is 1.42. The molecule has 0 aromatic heterocycles. The maximum absolute atomic E-state index is 10.7. The van der Waals surface area contributed by atoms with Crippen LogP contribution in [-0.2, 0) is 0 Å². The molecule has 5 nitrogen and oxygen atoms in total. The van der Waals surface area contributed by atoms with Crippen LogP contribution in [0, 0.1) is 17.0 Å². The summed E-state index contributed by atoms with van der Waals surface area (Å²) in [7, 11) is 0. The quantitative estimate of drug-likeness (QED) is 0.465. The Labute approximate surface area is 84.1 Å². The molecule has 1 aromatic carbocycles. The van der Waals surface area contributed by atoms with E-state index in [9.17, 15) is 20.0 Å². The van der Waals surface area contributed by atoms with Crippen LogP contribution in [0.4, 0.5) is 5.69 Å². The third-order valence-electron chi connectivity index (χ3n) is 1.69. The molecule has 1 aromatic rings. The van der Waals surface area contributed by atoms with Crippen LogP contribution in [-0.4, -0.2) is 15.3 Å². The summed E-state index contributed by atoms with van der Waals surface area (Å²) in [4.78, 5) is 20.5. The van der Waals surface area contributed by atoms with E-state index in [0.717, 1.165) is 6.07 Å². The van der Waals surface area contributed by atoms with Crippen molar-refractivity contribution in [2.24, 2.45) is 0 Å². The molecule has 0 heterocycles. The first kappa shape index (κ1) is 10.5. The fourth-order valence-electron chi connectivity index (χ4n) is 1.11. The lowest BCUT2D eigenvalue weighted by Gasteiger charge is -2.01. The zero-order valence-electron chi connectivity index (χ0n) is 7.15. The number of hydrogen-bond acceptors (Lipinski definition) is 4. The van der Waals surface area contributed by atoms with Gasteiger partial charge in [-0.05, 0) is 30.7 Å². The molecule has 0 radical (unpaired) electrons. The lowest BCUT2D eigenvalue weighted by atomic mass is 10.1. The van der Waals surface area contributed by atoms with Gasteiger partial charge >= 0.3 is 5.69 Å². The average Bonchev–Trinajstić information content (AvgIpc) is 2.01. The lowest BCUT2D eigenvalue weighted by Crippen LogP contribution is -1.96. The van der Waals surface area contributed by atoms with E-state index in [1.165, 1.54) is 13.0 Å². The van der Waals surface area contributed by atoms with Crippen LogP contribution in [0.25, 0.3) is 0 Å². The Balaban J connectivity index is 3.39. The number of halogens is 1. The molecule has 0 bridgehead atoms. The van der Waals surface area contributed by atoms with Crippen molar-refractivity contribution in [3.8, 4) is 5.75 Å². The molecule has 0 aliphatic rings. The molecule has 0 fully saturated rings. The number of phenols is 1. The van der Waals surface area contributed by atoms with Crippen molar-refractivity contribution in [1.82, 2.24) is 0 Å². The minimum atomic E-state index is -0.765. The molecule has 6 heteroatoms. The summed E-state index contributed by atoms with van der Waals surface area (Å²) in [5.41, 5.74) is -0.182. The van der Waals surface area contributed by atoms with Crippen molar-refractivity contribution in [3.63, 3.8) is 0 Å². The molecule has 14 heavy (non-hydrogen) atoms. The van der Waals surface area contributed by atoms with Crippen molar-refractivity contribution in [2.75, 3.05) is 0 Å². The largest absolute Gasteiger partial charge is 0.502 e. The molecule has 0 amide bonds. The number of nitro benzene ring substituents is 1. The predicted molar refractivity (Wildman–Crippen MR) is 49.7 cm³/mol. The fraction of sp³-hybridized carbons (Fsp3) is 0.125. The van der Waals surface area contributed by atoms with Gasteiger partial charge in [0.2, 0.25) is 0 Å². The van der Waals surface area contributed by atoms with Gasteiger partial charge in [-0.25, -0.2) is 0 Å². The van der Waals surface area contributed by atoms with Crippen LogP contribution in [0.1, 0.15) is 15.9 Å². The third-order valence-corrected chi connectivity index (χ3v) is 1.91. The van der Waals surface area contributed by atoms with E-state index < -0.39 is 21.6 Å². The average molecular weight is 216 g/mol. The Kier molecular flexibility index (Phi) is 2.71. The summed E-state index contributed by atoms with van der Waals surface area (Å²) in [5, 5.41) is 18.9. The smallest absolute Gasteiger partial charge is 0.313 e. The second kappa shape index (κ2) is 3.63. The van der Waals surface area contributed by atoms with E-state index in [1.54, 1.807) is 0 Å². The Morgan fingerprint density at radius 3 is 2.50 bits per heavy atom. The second-order valence-electron chi connectivity index (χ2n) is 2.69. The Hall–Kier alpha value is -1.62. The first-order valence-electron chi connectivity index (χ1n) is 3.61.